The molecule has 2 rings (SSSR count). The topological polar surface area (TPSA) is 50.4 Å². The molecule has 0 aliphatic heterocycles. The summed E-state index contributed by atoms with van der Waals surface area (Å²) in [4.78, 5) is 11.5. The summed E-state index contributed by atoms with van der Waals surface area (Å²) >= 11 is 0. The number of amides is 1. The third-order valence-corrected chi connectivity index (χ3v) is 4.49. The van der Waals surface area contributed by atoms with Gasteiger partial charge in [-0.25, -0.2) is 0 Å². The molecule has 0 spiro atoms. The van der Waals surface area contributed by atoms with Gasteiger partial charge in [0.25, 0.3) is 0 Å². The summed E-state index contributed by atoms with van der Waals surface area (Å²) in [7, 11) is 1.66. The van der Waals surface area contributed by atoms with E-state index in [4.69, 9.17) is 4.74 Å². The Labute approximate surface area is 122 Å². The first-order chi connectivity index (χ1) is 8.79. The van der Waals surface area contributed by atoms with Crippen molar-refractivity contribution in [2.24, 2.45) is 17.8 Å². The van der Waals surface area contributed by atoms with E-state index in [9.17, 15) is 4.79 Å². The molecule has 0 aromatic heterocycles. The van der Waals surface area contributed by atoms with Crippen molar-refractivity contribution in [2.75, 3.05) is 33.4 Å². The maximum Gasteiger partial charge on any atom is 0.233 e. The molecule has 2 saturated carbocycles. The summed E-state index contributed by atoms with van der Waals surface area (Å²) in [5.74, 6) is 2.96. The quantitative estimate of drug-likeness (QED) is 0.668. The number of fused-ring (bicyclic) bond motifs is 2. The monoisotopic (exact) mass is 290 g/mol. The van der Waals surface area contributed by atoms with E-state index in [1.54, 1.807) is 7.11 Å². The number of carbonyl (C=O) groups excluding carboxylic acids is 1. The molecule has 3 unspecified atom stereocenters. The molecule has 4 nitrogen and oxygen atoms in total. The van der Waals surface area contributed by atoms with Crippen LogP contribution in [-0.2, 0) is 9.53 Å². The van der Waals surface area contributed by atoms with Gasteiger partial charge in [0.05, 0.1) is 13.2 Å². The van der Waals surface area contributed by atoms with Crippen LogP contribution in [0.4, 0.5) is 0 Å². The molecule has 112 valence electrons. The van der Waals surface area contributed by atoms with Crippen LogP contribution in [0, 0.1) is 17.8 Å². The number of methoxy groups -OCH3 is 1. The fourth-order valence-corrected chi connectivity index (χ4v) is 3.57. The summed E-state index contributed by atoms with van der Waals surface area (Å²) in [6, 6.07) is 0. The minimum absolute atomic E-state index is 0. The van der Waals surface area contributed by atoms with E-state index in [-0.39, 0.29) is 18.3 Å². The van der Waals surface area contributed by atoms with E-state index in [1.165, 1.54) is 32.1 Å². The zero-order valence-corrected chi connectivity index (χ0v) is 12.6. The SMILES string of the molecule is COCCNCC(=O)NCCC1CC2CCC1C2.Cl. The van der Waals surface area contributed by atoms with Gasteiger partial charge in [0.1, 0.15) is 0 Å². The highest BCUT2D eigenvalue weighted by molar-refractivity contribution is 5.85. The largest absolute Gasteiger partial charge is 0.383 e. The molecule has 0 saturated heterocycles. The highest BCUT2D eigenvalue weighted by atomic mass is 35.5. The van der Waals surface area contributed by atoms with Gasteiger partial charge in [-0.2, -0.15) is 0 Å². The molecule has 0 aromatic rings. The molecule has 0 radical (unpaired) electrons. The Hall–Kier alpha value is -0.320. The van der Waals surface area contributed by atoms with Gasteiger partial charge in [-0.1, -0.05) is 6.42 Å². The lowest BCUT2D eigenvalue weighted by molar-refractivity contribution is -0.120. The Balaban J connectivity index is 0.00000180. The van der Waals surface area contributed by atoms with E-state index < -0.39 is 0 Å². The van der Waals surface area contributed by atoms with E-state index >= 15 is 0 Å². The van der Waals surface area contributed by atoms with Gasteiger partial charge in [0, 0.05) is 20.2 Å². The predicted molar refractivity (Wildman–Crippen MR) is 78.6 cm³/mol. The van der Waals surface area contributed by atoms with Crippen molar-refractivity contribution < 1.29 is 9.53 Å². The van der Waals surface area contributed by atoms with Crippen molar-refractivity contribution in [3.05, 3.63) is 0 Å². The number of hydrogen-bond donors (Lipinski definition) is 2. The number of ether oxygens (including phenoxy) is 1. The second kappa shape index (κ2) is 8.77. The third-order valence-electron chi connectivity index (χ3n) is 4.49. The molecule has 0 heterocycles. The lowest BCUT2D eigenvalue weighted by Crippen LogP contribution is -2.36. The van der Waals surface area contributed by atoms with Crippen LogP contribution in [0.25, 0.3) is 0 Å². The van der Waals surface area contributed by atoms with Crippen LogP contribution in [0.1, 0.15) is 32.1 Å². The first kappa shape index (κ1) is 16.7. The second-order valence-electron chi connectivity index (χ2n) is 5.74. The standard InChI is InChI=1S/C14H26N2O2.ClH/c1-18-7-6-15-10-14(17)16-5-4-13-9-11-2-3-12(13)8-11;/h11-13,15H,2-10H2,1H3,(H,16,17);1H. The molecule has 0 aromatic carbocycles. The van der Waals surface area contributed by atoms with Gasteiger partial charge >= 0.3 is 0 Å². The Kier molecular flexibility index (Phi) is 7.73. The van der Waals surface area contributed by atoms with Gasteiger partial charge in [-0.3, -0.25) is 4.79 Å². The average Bonchev–Trinajstić information content (AvgIpc) is 2.97. The van der Waals surface area contributed by atoms with Crippen molar-refractivity contribution in [1.29, 1.82) is 0 Å². The van der Waals surface area contributed by atoms with Crippen LogP contribution >= 0.6 is 12.4 Å². The predicted octanol–water partition coefficient (Wildman–Crippen LogP) is 1.59. The molecule has 5 heteroatoms. The molecular formula is C14H27ClN2O2. The van der Waals surface area contributed by atoms with Crippen LogP contribution in [0.2, 0.25) is 0 Å². The van der Waals surface area contributed by atoms with Gasteiger partial charge in [0.2, 0.25) is 5.91 Å². The van der Waals surface area contributed by atoms with Crippen LogP contribution in [0.3, 0.4) is 0 Å². The fraction of sp³-hybridized carbons (Fsp3) is 0.929. The molecule has 2 fully saturated rings. The maximum absolute atomic E-state index is 11.5. The molecule has 2 N–H and O–H groups in total. The zero-order chi connectivity index (χ0) is 12.8. The van der Waals surface area contributed by atoms with Crippen LogP contribution in [0.5, 0.6) is 0 Å². The second-order valence-corrected chi connectivity index (χ2v) is 5.74. The number of carbonyl (C=O) groups is 1. The van der Waals surface area contributed by atoms with Gasteiger partial charge in [-0.15, -0.1) is 12.4 Å². The summed E-state index contributed by atoms with van der Waals surface area (Å²) in [5, 5.41) is 6.06. The van der Waals surface area contributed by atoms with Crippen LogP contribution in [-0.4, -0.2) is 39.3 Å². The smallest absolute Gasteiger partial charge is 0.233 e. The van der Waals surface area contributed by atoms with Crippen molar-refractivity contribution in [2.45, 2.75) is 32.1 Å². The van der Waals surface area contributed by atoms with Crippen molar-refractivity contribution >= 4 is 18.3 Å². The van der Waals surface area contributed by atoms with E-state index in [0.29, 0.717) is 13.2 Å². The Bertz CT molecular complexity index is 276. The molecule has 3 atom stereocenters. The Morgan fingerprint density at radius 3 is 2.74 bits per heavy atom. The Morgan fingerprint density at radius 2 is 2.11 bits per heavy atom. The van der Waals surface area contributed by atoms with Gasteiger partial charge < -0.3 is 15.4 Å². The minimum Gasteiger partial charge on any atom is -0.383 e. The summed E-state index contributed by atoms with van der Waals surface area (Å²) in [6.07, 6.45) is 6.92. The summed E-state index contributed by atoms with van der Waals surface area (Å²) in [5.41, 5.74) is 0. The molecule has 2 aliphatic rings. The van der Waals surface area contributed by atoms with Gasteiger partial charge in [0.15, 0.2) is 0 Å². The number of halogens is 1. The fourth-order valence-electron chi connectivity index (χ4n) is 3.57. The lowest BCUT2D eigenvalue weighted by atomic mass is 9.86. The normalized spacial score (nSPS) is 28.2. The molecule has 2 bridgehead atoms. The van der Waals surface area contributed by atoms with Crippen molar-refractivity contribution in [1.82, 2.24) is 10.6 Å². The van der Waals surface area contributed by atoms with Gasteiger partial charge in [-0.05, 0) is 43.4 Å². The number of hydrogen-bond acceptors (Lipinski definition) is 3. The number of nitrogens with one attached hydrogen (secondary N) is 2. The Morgan fingerprint density at radius 1 is 1.26 bits per heavy atom. The van der Waals surface area contributed by atoms with Crippen molar-refractivity contribution in [3.63, 3.8) is 0 Å². The highest BCUT2D eigenvalue weighted by Crippen LogP contribution is 2.49. The molecule has 2 aliphatic carbocycles. The first-order valence-electron chi connectivity index (χ1n) is 7.26. The maximum atomic E-state index is 11.5. The zero-order valence-electron chi connectivity index (χ0n) is 11.8. The van der Waals surface area contributed by atoms with E-state index in [0.717, 1.165) is 30.8 Å². The highest BCUT2D eigenvalue weighted by Gasteiger charge is 2.38. The van der Waals surface area contributed by atoms with Crippen LogP contribution in [0.15, 0.2) is 0 Å². The molecular weight excluding hydrogens is 264 g/mol. The number of rotatable bonds is 8. The summed E-state index contributed by atoms with van der Waals surface area (Å²) in [6.45, 7) is 2.63. The molecule has 1 amide bonds. The minimum atomic E-state index is 0. The van der Waals surface area contributed by atoms with E-state index in [2.05, 4.69) is 10.6 Å². The van der Waals surface area contributed by atoms with E-state index in [1.807, 2.05) is 0 Å². The van der Waals surface area contributed by atoms with Crippen molar-refractivity contribution in [3.8, 4) is 0 Å². The van der Waals surface area contributed by atoms with Crippen LogP contribution < -0.4 is 10.6 Å². The average molecular weight is 291 g/mol. The first-order valence-corrected chi connectivity index (χ1v) is 7.26. The summed E-state index contributed by atoms with van der Waals surface area (Å²) < 4.78 is 4.91. The molecule has 19 heavy (non-hydrogen) atoms. The lowest BCUT2D eigenvalue weighted by Gasteiger charge is -2.21. The third kappa shape index (κ3) is 5.28.